The fourth-order valence-electron chi connectivity index (χ4n) is 3.78. The summed E-state index contributed by atoms with van der Waals surface area (Å²) in [6.07, 6.45) is 3.22. The van der Waals surface area contributed by atoms with Crippen molar-refractivity contribution in [2.24, 2.45) is 11.8 Å². The summed E-state index contributed by atoms with van der Waals surface area (Å²) in [6.45, 7) is 3.70. The van der Waals surface area contributed by atoms with Gasteiger partial charge in [0.1, 0.15) is 5.82 Å². The molecule has 1 amide bonds. The Hall–Kier alpha value is -1.46. The van der Waals surface area contributed by atoms with Gasteiger partial charge in [-0.1, -0.05) is 6.07 Å². The van der Waals surface area contributed by atoms with Crippen LogP contribution in [0.2, 0.25) is 0 Å². The smallest absolute Gasteiger partial charge is 0.254 e. The molecule has 3 rings (SSSR count). The van der Waals surface area contributed by atoms with Gasteiger partial charge in [-0.2, -0.15) is 0 Å². The Morgan fingerprint density at radius 2 is 2.00 bits per heavy atom. The number of aryl methyl sites for hydroxylation is 1. The van der Waals surface area contributed by atoms with E-state index in [0.29, 0.717) is 11.8 Å². The maximum Gasteiger partial charge on any atom is 0.254 e. The molecule has 0 spiro atoms. The molecule has 1 heterocycles. The van der Waals surface area contributed by atoms with Crippen molar-refractivity contribution in [1.82, 2.24) is 10.6 Å². The Bertz CT molecular complexity index is 566. The Balaban J connectivity index is 1.73. The van der Waals surface area contributed by atoms with Crippen molar-refractivity contribution in [3.05, 3.63) is 35.1 Å². The van der Waals surface area contributed by atoms with Gasteiger partial charge in [0.15, 0.2) is 0 Å². The van der Waals surface area contributed by atoms with Gasteiger partial charge in [0.05, 0.1) is 11.7 Å². The van der Waals surface area contributed by atoms with Crippen molar-refractivity contribution in [2.75, 3.05) is 13.1 Å². The average Bonchev–Trinajstić information content (AvgIpc) is 2.50. The first-order valence-electron chi connectivity index (χ1n) is 8.50. The number of piperidine rings is 1. The van der Waals surface area contributed by atoms with E-state index in [1.165, 1.54) is 6.07 Å². The van der Waals surface area contributed by atoms with E-state index in [2.05, 4.69) is 10.6 Å². The molecule has 0 aromatic heterocycles. The summed E-state index contributed by atoms with van der Waals surface area (Å²) in [6, 6.07) is 4.72. The summed E-state index contributed by atoms with van der Waals surface area (Å²) in [7, 11) is 0. The van der Waals surface area contributed by atoms with Crippen molar-refractivity contribution in [3.63, 3.8) is 0 Å². The lowest BCUT2D eigenvalue weighted by atomic mass is 9.71. The zero-order valence-electron chi connectivity index (χ0n) is 13.5. The number of aliphatic hydroxyl groups is 1. The van der Waals surface area contributed by atoms with Crippen LogP contribution in [0, 0.1) is 24.6 Å². The van der Waals surface area contributed by atoms with Crippen LogP contribution in [0.5, 0.6) is 0 Å². The van der Waals surface area contributed by atoms with Crippen LogP contribution in [0.1, 0.15) is 41.6 Å². The van der Waals surface area contributed by atoms with Crippen LogP contribution in [-0.4, -0.2) is 36.2 Å². The van der Waals surface area contributed by atoms with E-state index >= 15 is 0 Å². The highest BCUT2D eigenvalue weighted by atomic mass is 19.1. The topological polar surface area (TPSA) is 61.4 Å². The fourth-order valence-corrected chi connectivity index (χ4v) is 3.78. The standard InChI is InChI=1S/C18H25FN2O2/c1-11-2-3-15(16(19)8-11)18(23)21-17(13-9-14(22)10-13)12-4-6-20-7-5-12/h2-3,8,12-14,17,20,22H,4-7,9-10H2,1H3,(H,21,23). The van der Waals surface area contributed by atoms with Gasteiger partial charge < -0.3 is 15.7 Å². The van der Waals surface area contributed by atoms with Crippen molar-refractivity contribution < 1.29 is 14.3 Å². The van der Waals surface area contributed by atoms with E-state index in [4.69, 9.17) is 0 Å². The van der Waals surface area contributed by atoms with Gasteiger partial charge in [0.2, 0.25) is 0 Å². The number of aliphatic hydroxyl groups excluding tert-OH is 1. The minimum atomic E-state index is -0.472. The number of rotatable bonds is 4. The molecule has 23 heavy (non-hydrogen) atoms. The van der Waals surface area contributed by atoms with E-state index in [9.17, 15) is 14.3 Å². The van der Waals surface area contributed by atoms with Crippen LogP contribution in [0.4, 0.5) is 4.39 Å². The second-order valence-corrected chi connectivity index (χ2v) is 6.96. The maximum atomic E-state index is 14.0. The predicted octanol–water partition coefficient (Wildman–Crippen LogP) is 2.00. The lowest BCUT2D eigenvalue weighted by Gasteiger charge is -2.43. The van der Waals surface area contributed by atoms with Gasteiger partial charge >= 0.3 is 0 Å². The molecule has 126 valence electrons. The van der Waals surface area contributed by atoms with Gasteiger partial charge in [0, 0.05) is 6.04 Å². The molecule has 1 unspecified atom stereocenters. The van der Waals surface area contributed by atoms with Crippen molar-refractivity contribution in [1.29, 1.82) is 0 Å². The van der Waals surface area contributed by atoms with Gasteiger partial charge in [-0.15, -0.1) is 0 Å². The molecule has 1 aliphatic heterocycles. The zero-order valence-corrected chi connectivity index (χ0v) is 13.5. The molecule has 1 aliphatic carbocycles. The zero-order chi connectivity index (χ0) is 16.4. The third-order valence-corrected chi connectivity index (χ3v) is 5.22. The quantitative estimate of drug-likeness (QED) is 0.795. The maximum absolute atomic E-state index is 14.0. The summed E-state index contributed by atoms with van der Waals surface area (Å²) in [5.41, 5.74) is 0.908. The summed E-state index contributed by atoms with van der Waals surface area (Å²) in [5, 5.41) is 16.0. The van der Waals surface area contributed by atoms with Crippen LogP contribution in [0.3, 0.4) is 0 Å². The molecule has 4 nitrogen and oxygen atoms in total. The fraction of sp³-hybridized carbons (Fsp3) is 0.611. The highest BCUT2D eigenvalue weighted by Gasteiger charge is 2.39. The summed E-state index contributed by atoms with van der Waals surface area (Å²) < 4.78 is 14.0. The Kier molecular flexibility index (Phi) is 4.97. The lowest BCUT2D eigenvalue weighted by molar-refractivity contribution is 0.00914. The molecule has 1 saturated heterocycles. The predicted molar refractivity (Wildman–Crippen MR) is 86.7 cm³/mol. The minimum Gasteiger partial charge on any atom is -0.393 e. The monoisotopic (exact) mass is 320 g/mol. The van der Waals surface area contributed by atoms with Crippen LogP contribution in [0.25, 0.3) is 0 Å². The molecule has 1 atom stereocenters. The van der Waals surface area contributed by atoms with E-state index in [-0.39, 0.29) is 23.6 Å². The summed E-state index contributed by atoms with van der Waals surface area (Å²) >= 11 is 0. The van der Waals surface area contributed by atoms with E-state index in [1.807, 2.05) is 0 Å². The molecule has 3 N–H and O–H groups in total. The first-order valence-corrected chi connectivity index (χ1v) is 8.50. The molecule has 1 aromatic rings. The second kappa shape index (κ2) is 6.97. The number of amides is 1. The number of carbonyl (C=O) groups is 1. The first kappa shape index (κ1) is 16.4. The minimum absolute atomic E-state index is 0.0219. The lowest BCUT2D eigenvalue weighted by Crippen LogP contribution is -2.53. The number of nitrogens with one attached hydrogen (secondary N) is 2. The number of hydrogen-bond donors (Lipinski definition) is 3. The van der Waals surface area contributed by atoms with Gasteiger partial charge in [0.25, 0.3) is 5.91 Å². The summed E-state index contributed by atoms with van der Waals surface area (Å²) in [4.78, 5) is 12.5. The van der Waals surface area contributed by atoms with Gasteiger partial charge in [-0.3, -0.25) is 4.79 Å². The van der Waals surface area contributed by atoms with Crippen LogP contribution < -0.4 is 10.6 Å². The third kappa shape index (κ3) is 3.72. The van der Waals surface area contributed by atoms with E-state index < -0.39 is 5.82 Å². The average molecular weight is 320 g/mol. The van der Waals surface area contributed by atoms with Crippen molar-refractivity contribution in [3.8, 4) is 0 Å². The van der Waals surface area contributed by atoms with Crippen LogP contribution in [-0.2, 0) is 0 Å². The first-order chi connectivity index (χ1) is 11.0. The van der Waals surface area contributed by atoms with Gasteiger partial charge in [-0.05, 0) is 75.2 Å². The van der Waals surface area contributed by atoms with Crippen molar-refractivity contribution >= 4 is 5.91 Å². The highest BCUT2D eigenvalue weighted by molar-refractivity contribution is 5.94. The molecule has 1 aromatic carbocycles. The number of hydrogen-bond acceptors (Lipinski definition) is 3. The van der Waals surface area contributed by atoms with Crippen LogP contribution in [0.15, 0.2) is 18.2 Å². The normalized spacial score (nSPS) is 26.4. The third-order valence-electron chi connectivity index (χ3n) is 5.22. The molecule has 2 aliphatic rings. The SMILES string of the molecule is Cc1ccc(C(=O)NC(C2CCNCC2)C2CC(O)C2)c(F)c1. The highest BCUT2D eigenvalue weighted by Crippen LogP contribution is 2.36. The second-order valence-electron chi connectivity index (χ2n) is 6.96. The van der Waals surface area contributed by atoms with Crippen LogP contribution >= 0.6 is 0 Å². The van der Waals surface area contributed by atoms with Crippen molar-refractivity contribution in [2.45, 2.75) is 44.8 Å². The molecular formula is C18H25FN2O2. The number of halogens is 1. The summed E-state index contributed by atoms with van der Waals surface area (Å²) in [5.74, 6) is -0.121. The molecule has 5 heteroatoms. The Morgan fingerprint density at radius 1 is 1.30 bits per heavy atom. The molecule has 2 fully saturated rings. The largest absolute Gasteiger partial charge is 0.393 e. The van der Waals surface area contributed by atoms with Gasteiger partial charge in [-0.25, -0.2) is 4.39 Å². The molecule has 0 radical (unpaired) electrons. The van der Waals surface area contributed by atoms with E-state index in [1.54, 1.807) is 19.1 Å². The number of benzene rings is 1. The molecule has 1 saturated carbocycles. The Morgan fingerprint density at radius 3 is 2.61 bits per heavy atom. The molecular weight excluding hydrogens is 295 g/mol. The Labute approximate surface area is 136 Å². The molecule has 0 bridgehead atoms. The number of carbonyl (C=O) groups excluding carboxylic acids is 1. The van der Waals surface area contributed by atoms with E-state index in [0.717, 1.165) is 44.3 Å².